The van der Waals surface area contributed by atoms with E-state index in [4.69, 9.17) is 9.47 Å². The third-order valence-electron chi connectivity index (χ3n) is 3.65. The fourth-order valence-corrected chi connectivity index (χ4v) is 2.18. The average Bonchev–Trinajstić information content (AvgIpc) is 2.61. The Labute approximate surface area is 149 Å². The molecule has 0 spiro atoms. The van der Waals surface area contributed by atoms with Crippen LogP contribution in [0.4, 0.5) is 11.4 Å². The van der Waals surface area contributed by atoms with Crippen LogP contribution < -0.4 is 20.1 Å². The topological polar surface area (TPSA) is 59.6 Å². The highest BCUT2D eigenvalue weighted by Crippen LogP contribution is 2.19. The van der Waals surface area contributed by atoms with E-state index in [1.54, 1.807) is 0 Å². The van der Waals surface area contributed by atoms with E-state index in [1.807, 2.05) is 62.4 Å². The zero-order valence-corrected chi connectivity index (χ0v) is 15.0. The molecule has 0 radical (unpaired) electrons. The third-order valence-corrected chi connectivity index (χ3v) is 3.65. The fourth-order valence-electron chi connectivity index (χ4n) is 2.18. The Bertz CT molecular complexity index is 671. The zero-order chi connectivity index (χ0) is 18.1. The lowest BCUT2D eigenvalue weighted by Crippen LogP contribution is -2.21. The Morgan fingerprint density at radius 3 is 2.48 bits per heavy atom. The van der Waals surface area contributed by atoms with Crippen molar-refractivity contribution in [3.63, 3.8) is 0 Å². The molecule has 1 atom stereocenters. The first-order valence-corrected chi connectivity index (χ1v) is 8.64. The molecule has 0 bridgehead atoms. The Hall–Kier alpha value is -2.69. The molecule has 0 aliphatic heterocycles. The Morgan fingerprint density at radius 2 is 1.80 bits per heavy atom. The quantitative estimate of drug-likeness (QED) is 0.713. The minimum absolute atomic E-state index is 0.117. The average molecular weight is 342 g/mol. The van der Waals surface area contributed by atoms with E-state index < -0.39 is 0 Å². The maximum Gasteiger partial charge on any atom is 0.243 e. The zero-order valence-electron chi connectivity index (χ0n) is 15.0. The monoisotopic (exact) mass is 342 g/mol. The summed E-state index contributed by atoms with van der Waals surface area (Å²) in [5.74, 6) is 1.45. The molecule has 0 fully saturated rings. The minimum atomic E-state index is -0.117. The van der Waals surface area contributed by atoms with Gasteiger partial charge in [-0.25, -0.2) is 0 Å². The third kappa shape index (κ3) is 6.37. The van der Waals surface area contributed by atoms with Gasteiger partial charge in [0.2, 0.25) is 5.91 Å². The molecule has 0 heterocycles. The van der Waals surface area contributed by atoms with Crippen molar-refractivity contribution in [3.05, 3.63) is 48.5 Å². The van der Waals surface area contributed by atoms with Gasteiger partial charge in [0.15, 0.2) is 0 Å². The van der Waals surface area contributed by atoms with Crippen LogP contribution in [-0.2, 0) is 4.79 Å². The van der Waals surface area contributed by atoms with Crippen molar-refractivity contribution in [2.45, 2.75) is 33.3 Å². The first-order chi connectivity index (χ1) is 12.1. The summed E-state index contributed by atoms with van der Waals surface area (Å²) >= 11 is 0. The highest BCUT2D eigenvalue weighted by molar-refractivity contribution is 5.93. The first-order valence-electron chi connectivity index (χ1n) is 8.64. The maximum absolute atomic E-state index is 12.1. The molecule has 1 amide bonds. The summed E-state index contributed by atoms with van der Waals surface area (Å²) in [5.41, 5.74) is 1.59. The van der Waals surface area contributed by atoms with Gasteiger partial charge in [0.05, 0.1) is 19.3 Å². The molecular weight excluding hydrogens is 316 g/mol. The Kier molecular flexibility index (Phi) is 7.14. The van der Waals surface area contributed by atoms with E-state index in [-0.39, 0.29) is 18.6 Å². The molecule has 0 aromatic heterocycles. The number of carbonyl (C=O) groups is 1. The summed E-state index contributed by atoms with van der Waals surface area (Å²) in [5, 5.41) is 5.95. The second kappa shape index (κ2) is 9.57. The summed E-state index contributed by atoms with van der Waals surface area (Å²) in [6.45, 7) is 6.83. The lowest BCUT2D eigenvalue weighted by molar-refractivity contribution is -0.114. The summed E-state index contributed by atoms with van der Waals surface area (Å²) in [6.07, 6.45) is 1.15. The number of hydrogen-bond acceptors (Lipinski definition) is 4. The van der Waals surface area contributed by atoms with Crippen LogP contribution in [0.3, 0.4) is 0 Å². The lowest BCUT2D eigenvalue weighted by atomic mass is 10.2. The van der Waals surface area contributed by atoms with Gasteiger partial charge >= 0.3 is 0 Å². The van der Waals surface area contributed by atoms with E-state index in [0.717, 1.165) is 29.3 Å². The van der Waals surface area contributed by atoms with Crippen LogP contribution in [0.2, 0.25) is 0 Å². The summed E-state index contributed by atoms with van der Waals surface area (Å²) in [4.78, 5) is 12.1. The predicted octanol–water partition coefficient (Wildman–Crippen LogP) is 4.31. The van der Waals surface area contributed by atoms with Crippen LogP contribution in [0.15, 0.2) is 48.5 Å². The van der Waals surface area contributed by atoms with Crippen molar-refractivity contribution in [1.82, 2.24) is 0 Å². The number of rotatable bonds is 9. The molecule has 1 unspecified atom stereocenters. The van der Waals surface area contributed by atoms with E-state index >= 15 is 0 Å². The van der Waals surface area contributed by atoms with Crippen molar-refractivity contribution in [3.8, 4) is 11.5 Å². The highest BCUT2D eigenvalue weighted by atomic mass is 16.5. The molecule has 25 heavy (non-hydrogen) atoms. The van der Waals surface area contributed by atoms with Crippen LogP contribution in [0.1, 0.15) is 27.2 Å². The van der Waals surface area contributed by atoms with Crippen LogP contribution in [0.5, 0.6) is 11.5 Å². The molecule has 5 heteroatoms. The van der Waals surface area contributed by atoms with Crippen LogP contribution in [0.25, 0.3) is 0 Å². The summed E-state index contributed by atoms with van der Waals surface area (Å²) < 4.78 is 11.2. The second-order valence-corrected chi connectivity index (χ2v) is 5.72. The van der Waals surface area contributed by atoms with Gasteiger partial charge in [0.1, 0.15) is 11.5 Å². The van der Waals surface area contributed by atoms with Gasteiger partial charge < -0.3 is 20.1 Å². The van der Waals surface area contributed by atoms with E-state index in [9.17, 15) is 4.79 Å². The Morgan fingerprint density at radius 1 is 1.04 bits per heavy atom. The van der Waals surface area contributed by atoms with Gasteiger partial charge in [-0.15, -0.1) is 0 Å². The molecule has 2 N–H and O–H groups in total. The standard InChI is InChI=1S/C20H26N2O3/c1-4-15(3)25-18-11-9-16(10-12-18)21-14-20(23)22-17-7-6-8-19(13-17)24-5-2/h6-13,15,21H,4-5,14H2,1-3H3,(H,22,23). The van der Waals surface area contributed by atoms with Crippen molar-refractivity contribution in [2.75, 3.05) is 23.8 Å². The number of ether oxygens (including phenoxy) is 2. The van der Waals surface area contributed by atoms with E-state index in [1.165, 1.54) is 0 Å². The van der Waals surface area contributed by atoms with E-state index in [2.05, 4.69) is 17.6 Å². The first kappa shape index (κ1) is 18.6. The predicted molar refractivity (Wildman–Crippen MR) is 102 cm³/mol. The van der Waals surface area contributed by atoms with Gasteiger partial charge in [-0.05, 0) is 56.7 Å². The summed E-state index contributed by atoms with van der Waals surface area (Å²) in [7, 11) is 0. The minimum Gasteiger partial charge on any atom is -0.494 e. The molecule has 0 aliphatic carbocycles. The summed E-state index contributed by atoms with van der Waals surface area (Å²) in [6, 6.07) is 15.0. The van der Waals surface area contributed by atoms with Gasteiger partial charge in [0, 0.05) is 17.4 Å². The molecule has 0 saturated heterocycles. The van der Waals surface area contributed by atoms with Gasteiger partial charge in [0.25, 0.3) is 0 Å². The van der Waals surface area contributed by atoms with Crippen LogP contribution in [0, 0.1) is 0 Å². The molecule has 134 valence electrons. The molecule has 5 nitrogen and oxygen atoms in total. The SMILES string of the molecule is CCOc1cccc(NC(=O)CNc2ccc(OC(C)CC)cc2)c1. The lowest BCUT2D eigenvalue weighted by Gasteiger charge is -2.13. The second-order valence-electron chi connectivity index (χ2n) is 5.72. The molecule has 2 aromatic rings. The molecular formula is C20H26N2O3. The van der Waals surface area contributed by atoms with E-state index in [0.29, 0.717) is 6.61 Å². The number of hydrogen-bond donors (Lipinski definition) is 2. The largest absolute Gasteiger partial charge is 0.494 e. The smallest absolute Gasteiger partial charge is 0.243 e. The van der Waals surface area contributed by atoms with Gasteiger partial charge in [-0.1, -0.05) is 13.0 Å². The maximum atomic E-state index is 12.1. The Balaban J connectivity index is 1.82. The van der Waals surface area contributed by atoms with Crippen molar-refractivity contribution >= 4 is 17.3 Å². The van der Waals surface area contributed by atoms with Gasteiger partial charge in [-0.3, -0.25) is 4.79 Å². The number of benzene rings is 2. The van der Waals surface area contributed by atoms with Crippen LogP contribution in [-0.4, -0.2) is 25.2 Å². The number of anilines is 2. The molecule has 2 aromatic carbocycles. The van der Waals surface area contributed by atoms with Crippen molar-refractivity contribution in [1.29, 1.82) is 0 Å². The fraction of sp³-hybridized carbons (Fsp3) is 0.350. The number of nitrogens with one attached hydrogen (secondary N) is 2. The van der Waals surface area contributed by atoms with Gasteiger partial charge in [-0.2, -0.15) is 0 Å². The van der Waals surface area contributed by atoms with Crippen molar-refractivity contribution < 1.29 is 14.3 Å². The van der Waals surface area contributed by atoms with Crippen LogP contribution >= 0.6 is 0 Å². The number of carbonyl (C=O) groups excluding carboxylic acids is 1. The molecule has 0 aliphatic rings. The molecule has 0 saturated carbocycles. The normalized spacial score (nSPS) is 11.5. The van der Waals surface area contributed by atoms with Crippen molar-refractivity contribution in [2.24, 2.45) is 0 Å². The number of amides is 1. The highest BCUT2D eigenvalue weighted by Gasteiger charge is 2.05. The molecule has 2 rings (SSSR count).